The molecule has 0 radical (unpaired) electrons. The lowest BCUT2D eigenvalue weighted by Gasteiger charge is -2.19. The summed E-state index contributed by atoms with van der Waals surface area (Å²) in [5.41, 5.74) is 0.290. The molecule has 1 amide bonds. The molecule has 0 saturated carbocycles. The van der Waals surface area contributed by atoms with E-state index in [1.54, 1.807) is 6.92 Å². The van der Waals surface area contributed by atoms with Crippen molar-refractivity contribution >= 4 is 17.6 Å². The number of benzene rings is 1. The molecule has 1 aromatic rings. The molecule has 1 rings (SSSR count). The minimum Gasteiger partial charge on any atom is -0.444 e. The van der Waals surface area contributed by atoms with Crippen LogP contribution >= 0.6 is 0 Å². The van der Waals surface area contributed by atoms with Gasteiger partial charge in [-0.2, -0.15) is 0 Å². The first-order chi connectivity index (χ1) is 7.87. The van der Waals surface area contributed by atoms with Crippen molar-refractivity contribution in [3.8, 4) is 0 Å². The number of amides is 1. The molecule has 4 nitrogen and oxygen atoms in total. The van der Waals surface area contributed by atoms with Crippen LogP contribution in [0.4, 0.5) is 10.5 Å². The summed E-state index contributed by atoms with van der Waals surface area (Å²) >= 11 is 0. The summed E-state index contributed by atoms with van der Waals surface area (Å²) < 4.78 is 5.12. The van der Waals surface area contributed by atoms with E-state index >= 15 is 0 Å². The van der Waals surface area contributed by atoms with Gasteiger partial charge in [-0.1, -0.05) is 18.2 Å². The molecule has 1 N–H and O–H groups in total. The van der Waals surface area contributed by atoms with Gasteiger partial charge < -0.3 is 4.74 Å². The van der Waals surface area contributed by atoms with E-state index < -0.39 is 11.7 Å². The zero-order valence-electron chi connectivity index (χ0n) is 10.7. The first kappa shape index (κ1) is 13.2. The van der Waals surface area contributed by atoms with E-state index in [1.807, 2.05) is 51.1 Å². The lowest BCUT2D eigenvalue weighted by Crippen LogP contribution is -2.35. The third-order valence-electron chi connectivity index (χ3n) is 1.73. The minimum absolute atomic E-state index is 0.491. The van der Waals surface area contributed by atoms with E-state index in [2.05, 4.69) is 10.3 Å². The molecule has 0 unspecified atom stereocenters. The third-order valence-corrected chi connectivity index (χ3v) is 1.73. The first-order valence-corrected chi connectivity index (χ1v) is 5.47. The van der Waals surface area contributed by atoms with Crippen molar-refractivity contribution in [3.63, 3.8) is 0 Å². The summed E-state index contributed by atoms with van der Waals surface area (Å²) in [4.78, 5) is 15.7. The fraction of sp³-hybridized carbons (Fsp3) is 0.385. The number of rotatable bonds is 1. The highest BCUT2D eigenvalue weighted by molar-refractivity contribution is 5.95. The molecule has 0 aromatic heterocycles. The zero-order valence-corrected chi connectivity index (χ0v) is 10.7. The van der Waals surface area contributed by atoms with Gasteiger partial charge in [0.2, 0.25) is 0 Å². The highest BCUT2D eigenvalue weighted by atomic mass is 16.6. The van der Waals surface area contributed by atoms with Gasteiger partial charge in [-0.25, -0.2) is 9.79 Å². The quantitative estimate of drug-likeness (QED) is 0.599. The Bertz CT molecular complexity index is 405. The van der Waals surface area contributed by atoms with Crippen molar-refractivity contribution in [1.82, 2.24) is 5.32 Å². The third kappa shape index (κ3) is 5.70. The summed E-state index contributed by atoms with van der Waals surface area (Å²) in [7, 11) is 0. The van der Waals surface area contributed by atoms with E-state index in [0.717, 1.165) is 5.69 Å². The number of aliphatic imine (C=N–C) groups is 1. The number of hydrogen-bond acceptors (Lipinski definition) is 3. The number of carbonyl (C=O) groups excluding carboxylic acids is 1. The van der Waals surface area contributed by atoms with Gasteiger partial charge in [0.25, 0.3) is 0 Å². The Morgan fingerprint density at radius 1 is 1.24 bits per heavy atom. The molecule has 0 aliphatic carbocycles. The van der Waals surface area contributed by atoms with Gasteiger partial charge in [0, 0.05) is 0 Å². The Labute approximate surface area is 102 Å². The van der Waals surface area contributed by atoms with Crippen LogP contribution in [0.25, 0.3) is 0 Å². The lowest BCUT2D eigenvalue weighted by atomic mass is 10.2. The van der Waals surface area contributed by atoms with E-state index in [-0.39, 0.29) is 0 Å². The van der Waals surface area contributed by atoms with Gasteiger partial charge in [-0.05, 0) is 39.8 Å². The maximum atomic E-state index is 11.4. The second-order valence-electron chi connectivity index (χ2n) is 4.66. The fourth-order valence-corrected chi connectivity index (χ4v) is 1.18. The highest BCUT2D eigenvalue weighted by Gasteiger charge is 2.16. The number of alkyl carbamates (subject to hydrolysis) is 1. The van der Waals surface area contributed by atoms with Crippen LogP contribution in [0.1, 0.15) is 27.7 Å². The summed E-state index contributed by atoms with van der Waals surface area (Å²) in [5, 5.41) is 2.57. The van der Waals surface area contributed by atoms with Crippen LogP contribution < -0.4 is 5.32 Å². The van der Waals surface area contributed by atoms with Crippen molar-refractivity contribution in [2.24, 2.45) is 4.99 Å². The molecular weight excluding hydrogens is 216 g/mol. The second-order valence-corrected chi connectivity index (χ2v) is 4.66. The first-order valence-electron chi connectivity index (χ1n) is 5.47. The smallest absolute Gasteiger partial charge is 0.413 e. The van der Waals surface area contributed by atoms with E-state index in [9.17, 15) is 4.79 Å². The number of carbonyl (C=O) groups is 1. The van der Waals surface area contributed by atoms with Crippen LogP contribution in [0, 0.1) is 0 Å². The van der Waals surface area contributed by atoms with Crippen LogP contribution in [0.2, 0.25) is 0 Å². The predicted octanol–water partition coefficient (Wildman–Crippen LogP) is 3.26. The minimum atomic E-state index is -0.503. The molecule has 0 saturated heterocycles. The number of ether oxygens (including phenoxy) is 1. The average Bonchev–Trinajstić information content (AvgIpc) is 2.15. The van der Waals surface area contributed by atoms with Gasteiger partial charge in [-0.3, -0.25) is 5.32 Å². The summed E-state index contributed by atoms with van der Waals surface area (Å²) in [6.45, 7) is 7.17. The molecule has 1 aromatic carbocycles. The van der Waals surface area contributed by atoms with Crippen LogP contribution in [-0.4, -0.2) is 17.5 Å². The SMILES string of the molecule is C/C(=N/c1ccccc1)NC(=O)OC(C)(C)C. The second kappa shape index (κ2) is 5.48. The highest BCUT2D eigenvalue weighted by Crippen LogP contribution is 2.10. The van der Waals surface area contributed by atoms with Crippen LogP contribution in [0.15, 0.2) is 35.3 Å². The van der Waals surface area contributed by atoms with Gasteiger partial charge in [-0.15, -0.1) is 0 Å². The largest absolute Gasteiger partial charge is 0.444 e. The Hall–Kier alpha value is -1.84. The maximum absolute atomic E-state index is 11.4. The van der Waals surface area contributed by atoms with Gasteiger partial charge in [0.05, 0.1) is 5.69 Å². The predicted molar refractivity (Wildman–Crippen MR) is 68.6 cm³/mol. The molecule has 92 valence electrons. The normalized spacial score (nSPS) is 12.1. The molecule has 17 heavy (non-hydrogen) atoms. The van der Waals surface area contributed by atoms with Crippen molar-refractivity contribution in [3.05, 3.63) is 30.3 Å². The molecule has 0 heterocycles. The van der Waals surface area contributed by atoms with Crippen molar-refractivity contribution in [1.29, 1.82) is 0 Å². The topological polar surface area (TPSA) is 50.7 Å². The van der Waals surface area contributed by atoms with Gasteiger partial charge in [0.1, 0.15) is 11.4 Å². The summed E-state index contributed by atoms with van der Waals surface area (Å²) in [5.74, 6) is 0.505. The molecule has 0 fully saturated rings. The van der Waals surface area contributed by atoms with E-state index in [0.29, 0.717) is 5.84 Å². The zero-order chi connectivity index (χ0) is 12.9. The summed E-state index contributed by atoms with van der Waals surface area (Å²) in [6, 6.07) is 9.41. The van der Waals surface area contributed by atoms with Crippen LogP contribution in [-0.2, 0) is 4.74 Å². The van der Waals surface area contributed by atoms with Crippen LogP contribution in [0.5, 0.6) is 0 Å². The molecule has 0 aliphatic heterocycles. The average molecular weight is 234 g/mol. The van der Waals surface area contributed by atoms with Gasteiger partial charge in [0.15, 0.2) is 0 Å². The monoisotopic (exact) mass is 234 g/mol. The van der Waals surface area contributed by atoms with Crippen LogP contribution in [0.3, 0.4) is 0 Å². The number of nitrogens with zero attached hydrogens (tertiary/aromatic N) is 1. The van der Waals surface area contributed by atoms with Gasteiger partial charge >= 0.3 is 6.09 Å². The number of para-hydroxylation sites is 1. The van der Waals surface area contributed by atoms with Crippen molar-refractivity contribution < 1.29 is 9.53 Å². The lowest BCUT2D eigenvalue weighted by molar-refractivity contribution is 0.0563. The molecule has 0 spiro atoms. The van der Waals surface area contributed by atoms with Crippen molar-refractivity contribution in [2.75, 3.05) is 0 Å². The summed E-state index contributed by atoms with van der Waals surface area (Å²) in [6.07, 6.45) is -0.491. The number of amidine groups is 1. The molecular formula is C13H18N2O2. The fourth-order valence-electron chi connectivity index (χ4n) is 1.18. The van der Waals surface area contributed by atoms with Crippen molar-refractivity contribution in [2.45, 2.75) is 33.3 Å². The Morgan fingerprint density at radius 2 is 1.82 bits per heavy atom. The Kier molecular flexibility index (Phi) is 4.26. The maximum Gasteiger partial charge on any atom is 0.413 e. The number of nitrogens with one attached hydrogen (secondary N) is 1. The molecule has 4 heteroatoms. The molecule has 0 aliphatic rings. The Morgan fingerprint density at radius 3 is 2.35 bits per heavy atom. The molecule has 0 bridgehead atoms. The van der Waals surface area contributed by atoms with E-state index in [4.69, 9.17) is 4.74 Å². The van der Waals surface area contributed by atoms with E-state index in [1.165, 1.54) is 0 Å². The molecule has 0 atom stereocenters. The standard InChI is InChI=1S/C13H18N2O2/c1-10(14-11-8-6-5-7-9-11)15-12(16)17-13(2,3)4/h5-9H,1-4H3,(H,14,15,16). The Balaban J connectivity index is 2.58. The number of hydrogen-bond donors (Lipinski definition) is 1.